The maximum Gasteiger partial charge on any atom is 0.230 e. The van der Waals surface area contributed by atoms with Gasteiger partial charge in [0.25, 0.3) is 0 Å². The van der Waals surface area contributed by atoms with Crippen molar-refractivity contribution in [1.29, 1.82) is 0 Å². The normalized spacial score (nSPS) is 16.6. The number of hydrogen-bond donors (Lipinski definition) is 1. The molecule has 1 N–H and O–H groups in total. The van der Waals surface area contributed by atoms with Gasteiger partial charge in [-0.1, -0.05) is 43.8 Å². The number of para-hydroxylation sites is 1. The second-order valence-corrected chi connectivity index (χ2v) is 9.67. The average molecular weight is 484 g/mol. The number of ether oxygens (including phenoxy) is 1. The topological polar surface area (TPSA) is 72.3 Å². The Labute approximate surface area is 203 Å². The first kappa shape index (κ1) is 24.4. The molecule has 0 radical (unpaired) electrons. The van der Waals surface area contributed by atoms with E-state index in [2.05, 4.69) is 34.3 Å². The highest BCUT2D eigenvalue weighted by molar-refractivity contribution is 7.99. The summed E-state index contributed by atoms with van der Waals surface area (Å²) in [6.45, 7) is 8.39. The van der Waals surface area contributed by atoms with Crippen molar-refractivity contribution in [3.63, 3.8) is 0 Å². The lowest BCUT2D eigenvalue weighted by atomic mass is 10.2. The maximum atomic E-state index is 13.4. The fourth-order valence-corrected chi connectivity index (χ4v) is 4.74. The molecule has 1 saturated heterocycles. The van der Waals surface area contributed by atoms with Crippen LogP contribution in [0.4, 0.5) is 4.39 Å². The number of carbonyl (C=O) groups excluding carboxylic acids is 1. The molecule has 4 rings (SSSR count). The fraction of sp³-hybridized carbons (Fsp3) is 0.400. The van der Waals surface area contributed by atoms with Crippen LogP contribution < -0.4 is 5.32 Å². The smallest absolute Gasteiger partial charge is 0.230 e. The zero-order valence-corrected chi connectivity index (χ0v) is 20.3. The van der Waals surface area contributed by atoms with Gasteiger partial charge in [-0.3, -0.25) is 14.3 Å². The molecule has 0 aliphatic carbocycles. The molecule has 1 unspecified atom stereocenters. The van der Waals surface area contributed by atoms with Crippen LogP contribution in [0, 0.1) is 11.7 Å². The minimum absolute atomic E-state index is 0.000463. The number of nitrogens with zero attached hydrogens (tertiary/aromatic N) is 4. The van der Waals surface area contributed by atoms with Crippen LogP contribution in [0.25, 0.3) is 17.1 Å². The minimum Gasteiger partial charge on any atom is -0.374 e. The van der Waals surface area contributed by atoms with E-state index in [0.29, 0.717) is 30.1 Å². The van der Waals surface area contributed by atoms with Crippen molar-refractivity contribution in [2.75, 3.05) is 38.5 Å². The number of carbonyl (C=O) groups is 1. The van der Waals surface area contributed by atoms with Crippen molar-refractivity contribution >= 4 is 17.7 Å². The van der Waals surface area contributed by atoms with E-state index >= 15 is 0 Å². The number of halogens is 1. The molecule has 0 spiro atoms. The van der Waals surface area contributed by atoms with E-state index in [-0.39, 0.29) is 23.6 Å². The van der Waals surface area contributed by atoms with Gasteiger partial charge in [-0.15, -0.1) is 10.2 Å². The predicted octanol–water partition coefficient (Wildman–Crippen LogP) is 3.64. The summed E-state index contributed by atoms with van der Waals surface area (Å²) < 4.78 is 21.1. The van der Waals surface area contributed by atoms with E-state index in [0.717, 1.165) is 30.9 Å². The number of thioether (sulfide) groups is 1. The van der Waals surface area contributed by atoms with Crippen LogP contribution in [-0.4, -0.2) is 70.2 Å². The predicted molar refractivity (Wildman–Crippen MR) is 132 cm³/mol. The molecule has 9 heteroatoms. The Hall–Kier alpha value is -2.75. The summed E-state index contributed by atoms with van der Waals surface area (Å²) >= 11 is 1.32. The Morgan fingerprint density at radius 1 is 1.18 bits per heavy atom. The molecule has 180 valence electrons. The number of nitrogens with one attached hydrogen (secondary N) is 1. The quantitative estimate of drug-likeness (QED) is 0.469. The summed E-state index contributed by atoms with van der Waals surface area (Å²) in [5, 5.41) is 12.2. The molecular weight excluding hydrogens is 453 g/mol. The number of rotatable bonds is 9. The molecular formula is C25H30FN5O2S. The molecule has 1 fully saturated rings. The number of hydrogen-bond acceptors (Lipinski definition) is 6. The van der Waals surface area contributed by atoms with Crippen LogP contribution in [0.3, 0.4) is 0 Å². The summed E-state index contributed by atoms with van der Waals surface area (Å²) in [6, 6.07) is 15.8. The molecule has 2 heterocycles. The number of morpholine rings is 1. The first-order valence-corrected chi connectivity index (χ1v) is 12.5. The zero-order valence-electron chi connectivity index (χ0n) is 19.5. The van der Waals surface area contributed by atoms with Crippen molar-refractivity contribution in [3.05, 3.63) is 60.4 Å². The van der Waals surface area contributed by atoms with Crippen LogP contribution in [0.5, 0.6) is 0 Å². The summed E-state index contributed by atoms with van der Waals surface area (Å²) in [5.41, 5.74) is 1.62. The number of aromatic nitrogens is 3. The Balaban J connectivity index is 1.40. The first-order valence-electron chi connectivity index (χ1n) is 11.5. The van der Waals surface area contributed by atoms with E-state index in [1.165, 1.54) is 23.9 Å². The highest BCUT2D eigenvalue weighted by atomic mass is 32.2. The summed E-state index contributed by atoms with van der Waals surface area (Å²) in [6.07, 6.45) is -0.000463. The van der Waals surface area contributed by atoms with Crippen molar-refractivity contribution in [2.24, 2.45) is 5.92 Å². The number of amides is 1. The van der Waals surface area contributed by atoms with Gasteiger partial charge in [0.05, 0.1) is 18.5 Å². The summed E-state index contributed by atoms with van der Waals surface area (Å²) in [7, 11) is 0. The van der Waals surface area contributed by atoms with E-state index in [1.807, 2.05) is 34.9 Å². The lowest BCUT2D eigenvalue weighted by Gasteiger charge is -2.33. The first-order chi connectivity index (χ1) is 16.5. The second-order valence-electron chi connectivity index (χ2n) is 8.72. The maximum absolute atomic E-state index is 13.4. The molecule has 3 aromatic rings. The Kier molecular flexibility index (Phi) is 8.31. The summed E-state index contributed by atoms with van der Waals surface area (Å²) in [4.78, 5) is 15.0. The third-order valence-electron chi connectivity index (χ3n) is 5.46. The Bertz CT molecular complexity index is 1070. The van der Waals surface area contributed by atoms with Gasteiger partial charge in [0.2, 0.25) is 5.91 Å². The van der Waals surface area contributed by atoms with Crippen molar-refractivity contribution in [2.45, 2.75) is 25.1 Å². The molecule has 2 aromatic carbocycles. The fourth-order valence-electron chi connectivity index (χ4n) is 3.95. The van der Waals surface area contributed by atoms with Gasteiger partial charge in [0.1, 0.15) is 5.82 Å². The van der Waals surface area contributed by atoms with E-state index in [1.54, 1.807) is 12.1 Å². The van der Waals surface area contributed by atoms with Crippen molar-refractivity contribution < 1.29 is 13.9 Å². The molecule has 0 bridgehead atoms. The molecule has 7 nitrogen and oxygen atoms in total. The van der Waals surface area contributed by atoms with Crippen molar-refractivity contribution in [1.82, 2.24) is 25.0 Å². The Morgan fingerprint density at radius 3 is 2.68 bits per heavy atom. The van der Waals surface area contributed by atoms with Gasteiger partial charge >= 0.3 is 0 Å². The van der Waals surface area contributed by atoms with E-state index in [9.17, 15) is 9.18 Å². The molecule has 1 amide bonds. The lowest BCUT2D eigenvalue weighted by Crippen LogP contribution is -2.48. The molecule has 1 atom stereocenters. The highest BCUT2D eigenvalue weighted by Crippen LogP contribution is 2.28. The van der Waals surface area contributed by atoms with Gasteiger partial charge in [-0.05, 0) is 42.3 Å². The monoisotopic (exact) mass is 483 g/mol. The highest BCUT2D eigenvalue weighted by Gasteiger charge is 2.22. The molecule has 1 aromatic heterocycles. The standard InChI is InChI=1S/C25H30FN5O2S/c1-18(2)15-30-12-13-33-22(16-30)14-27-23(32)17-34-25-29-28-24(19-8-10-20(26)11-9-19)31(25)21-6-4-3-5-7-21/h3-11,18,22H,12-17H2,1-2H3,(H,27,32). The van der Waals surface area contributed by atoms with Crippen LogP contribution in [0.15, 0.2) is 59.8 Å². The van der Waals surface area contributed by atoms with Crippen LogP contribution in [0.2, 0.25) is 0 Å². The SMILES string of the molecule is CC(C)CN1CCOC(CNC(=O)CSc2nnc(-c3ccc(F)cc3)n2-c2ccccc2)C1. The Morgan fingerprint density at radius 2 is 1.94 bits per heavy atom. The van der Waals surface area contributed by atoms with E-state index < -0.39 is 0 Å². The van der Waals surface area contributed by atoms with Gasteiger partial charge in [0, 0.05) is 37.4 Å². The van der Waals surface area contributed by atoms with Gasteiger partial charge in [-0.25, -0.2) is 4.39 Å². The molecule has 1 aliphatic heterocycles. The van der Waals surface area contributed by atoms with Crippen molar-refractivity contribution in [3.8, 4) is 17.1 Å². The van der Waals surface area contributed by atoms with E-state index in [4.69, 9.17) is 4.74 Å². The zero-order chi connectivity index (χ0) is 23.9. The lowest BCUT2D eigenvalue weighted by molar-refractivity contribution is -0.119. The van der Waals surface area contributed by atoms with Gasteiger partial charge < -0.3 is 10.1 Å². The molecule has 1 aliphatic rings. The number of benzene rings is 2. The third kappa shape index (κ3) is 6.43. The van der Waals surface area contributed by atoms with Crippen LogP contribution in [0.1, 0.15) is 13.8 Å². The van der Waals surface area contributed by atoms with Crippen LogP contribution in [-0.2, 0) is 9.53 Å². The minimum atomic E-state index is -0.310. The second kappa shape index (κ2) is 11.6. The third-order valence-corrected chi connectivity index (χ3v) is 6.38. The van der Waals surface area contributed by atoms with Gasteiger partial charge in [0.15, 0.2) is 11.0 Å². The largest absolute Gasteiger partial charge is 0.374 e. The molecule has 34 heavy (non-hydrogen) atoms. The van der Waals surface area contributed by atoms with Crippen LogP contribution >= 0.6 is 11.8 Å². The molecule has 0 saturated carbocycles. The average Bonchev–Trinajstić information content (AvgIpc) is 3.26. The van der Waals surface area contributed by atoms with Gasteiger partial charge in [-0.2, -0.15) is 0 Å². The summed E-state index contributed by atoms with van der Waals surface area (Å²) in [5.74, 6) is 1.01.